The lowest BCUT2D eigenvalue weighted by Crippen LogP contribution is -2.44. The van der Waals surface area contributed by atoms with Crippen LogP contribution in [0.25, 0.3) is 0 Å². The van der Waals surface area contributed by atoms with E-state index in [4.69, 9.17) is 4.42 Å². The van der Waals surface area contributed by atoms with E-state index in [1.807, 2.05) is 11.9 Å². The number of hydrogen-bond donors (Lipinski definition) is 2. The number of hydrogen-bond acceptors (Lipinski definition) is 3. The quantitative estimate of drug-likeness (QED) is 0.903. The minimum Gasteiger partial charge on any atom is -0.467 e. The molecule has 7 heteroatoms. The van der Waals surface area contributed by atoms with Crippen LogP contribution in [-0.4, -0.2) is 30.6 Å². The van der Waals surface area contributed by atoms with Crippen LogP contribution >= 0.6 is 0 Å². The first kappa shape index (κ1) is 16.4. The van der Waals surface area contributed by atoms with Crippen LogP contribution < -0.4 is 10.6 Å². The van der Waals surface area contributed by atoms with E-state index in [2.05, 4.69) is 10.6 Å². The first-order valence-corrected chi connectivity index (χ1v) is 7.76. The molecule has 0 radical (unpaired) electrons. The van der Waals surface area contributed by atoms with Crippen molar-refractivity contribution in [3.63, 3.8) is 0 Å². The van der Waals surface area contributed by atoms with Gasteiger partial charge in [-0.2, -0.15) is 0 Å². The fourth-order valence-corrected chi connectivity index (χ4v) is 3.08. The third kappa shape index (κ3) is 3.56. The summed E-state index contributed by atoms with van der Waals surface area (Å²) in [5.41, 5.74) is 0.644. The molecule has 1 aliphatic rings. The molecule has 0 bridgehead atoms. The van der Waals surface area contributed by atoms with Crippen LogP contribution in [0.2, 0.25) is 0 Å². The highest BCUT2D eigenvalue weighted by Gasteiger charge is 2.34. The summed E-state index contributed by atoms with van der Waals surface area (Å²) < 4.78 is 31.8. The lowest BCUT2D eigenvalue weighted by atomic mass is 10.00. The summed E-state index contributed by atoms with van der Waals surface area (Å²) in [6.07, 6.45) is 2.27. The Bertz CT molecular complexity index is 706. The molecule has 1 saturated heterocycles. The van der Waals surface area contributed by atoms with Crippen LogP contribution in [0.15, 0.2) is 41.0 Å². The number of nitrogens with zero attached hydrogens (tertiary/aromatic N) is 1. The number of halogens is 2. The average Bonchev–Trinajstić information content (AvgIpc) is 3.18. The summed E-state index contributed by atoms with van der Waals surface area (Å²) in [5, 5.41) is 5.63. The van der Waals surface area contributed by atoms with Gasteiger partial charge in [0.05, 0.1) is 24.9 Å². The summed E-state index contributed by atoms with van der Waals surface area (Å²) in [6.45, 7) is 1.05. The standard InChI is InChI=1S/C17H19F2N3O2/c1-22-7-6-15(16(22)11-4-5-13(18)14(19)9-11)21-17(23)20-10-12-3-2-8-24-12/h2-5,8-9,15-16H,6-7,10H2,1H3,(H2,20,21,23)/t15-,16+/m0/s1. The van der Waals surface area contributed by atoms with Crippen LogP contribution in [0.3, 0.4) is 0 Å². The van der Waals surface area contributed by atoms with Gasteiger partial charge in [0.2, 0.25) is 0 Å². The van der Waals surface area contributed by atoms with E-state index in [9.17, 15) is 13.6 Å². The van der Waals surface area contributed by atoms with Crippen LogP contribution in [0.4, 0.5) is 13.6 Å². The molecule has 0 saturated carbocycles. The monoisotopic (exact) mass is 335 g/mol. The molecule has 0 unspecified atom stereocenters. The Balaban J connectivity index is 1.65. The molecule has 3 rings (SSSR count). The zero-order chi connectivity index (χ0) is 17.1. The number of amides is 2. The van der Waals surface area contributed by atoms with Crippen molar-refractivity contribution in [2.24, 2.45) is 0 Å². The van der Waals surface area contributed by atoms with Gasteiger partial charge in [-0.05, 0) is 43.3 Å². The summed E-state index contributed by atoms with van der Waals surface area (Å²) >= 11 is 0. The highest BCUT2D eigenvalue weighted by Crippen LogP contribution is 2.31. The molecule has 128 valence electrons. The van der Waals surface area contributed by atoms with Crippen molar-refractivity contribution in [2.75, 3.05) is 13.6 Å². The smallest absolute Gasteiger partial charge is 0.315 e. The number of likely N-dealkylation sites (tertiary alicyclic amines) is 1. The Kier molecular flexibility index (Phi) is 4.80. The number of urea groups is 1. The third-order valence-corrected chi connectivity index (χ3v) is 4.25. The Morgan fingerprint density at radius 1 is 1.33 bits per heavy atom. The minimum atomic E-state index is -0.881. The van der Waals surface area contributed by atoms with Crippen molar-refractivity contribution in [1.29, 1.82) is 0 Å². The Morgan fingerprint density at radius 2 is 2.17 bits per heavy atom. The van der Waals surface area contributed by atoms with Gasteiger partial charge < -0.3 is 15.1 Å². The summed E-state index contributed by atoms with van der Waals surface area (Å²) in [4.78, 5) is 14.1. The number of carbonyl (C=O) groups is 1. The Morgan fingerprint density at radius 3 is 2.88 bits per heavy atom. The molecule has 0 spiro atoms. The summed E-state index contributed by atoms with van der Waals surface area (Å²) in [7, 11) is 1.90. The topological polar surface area (TPSA) is 57.5 Å². The fourth-order valence-electron chi connectivity index (χ4n) is 3.08. The molecule has 1 aliphatic heterocycles. The van der Waals surface area contributed by atoms with Gasteiger partial charge in [0, 0.05) is 6.54 Å². The van der Waals surface area contributed by atoms with E-state index in [0.717, 1.165) is 19.0 Å². The summed E-state index contributed by atoms with van der Waals surface area (Å²) in [6, 6.07) is 6.68. The SMILES string of the molecule is CN1CC[C@H](NC(=O)NCc2ccco2)[C@H]1c1ccc(F)c(F)c1. The molecule has 2 heterocycles. The first-order valence-electron chi connectivity index (χ1n) is 7.76. The molecule has 2 N–H and O–H groups in total. The van der Waals surface area contributed by atoms with Gasteiger partial charge in [-0.1, -0.05) is 6.07 Å². The van der Waals surface area contributed by atoms with E-state index in [1.54, 1.807) is 24.5 Å². The number of benzene rings is 1. The molecule has 24 heavy (non-hydrogen) atoms. The molecule has 1 aromatic heterocycles. The number of rotatable bonds is 4. The molecule has 2 aromatic rings. The number of nitrogens with one attached hydrogen (secondary N) is 2. The molecular formula is C17H19F2N3O2. The zero-order valence-electron chi connectivity index (χ0n) is 13.3. The zero-order valence-corrected chi connectivity index (χ0v) is 13.3. The predicted molar refractivity (Wildman–Crippen MR) is 84.2 cm³/mol. The van der Waals surface area contributed by atoms with Gasteiger partial charge in [-0.25, -0.2) is 13.6 Å². The third-order valence-electron chi connectivity index (χ3n) is 4.25. The van der Waals surface area contributed by atoms with Gasteiger partial charge in [0.25, 0.3) is 0 Å². The highest BCUT2D eigenvalue weighted by molar-refractivity contribution is 5.74. The van der Waals surface area contributed by atoms with Gasteiger partial charge in [0.1, 0.15) is 5.76 Å². The lowest BCUT2D eigenvalue weighted by Gasteiger charge is -2.26. The van der Waals surface area contributed by atoms with Crippen molar-refractivity contribution in [3.8, 4) is 0 Å². The number of likely N-dealkylation sites (N-methyl/N-ethyl adjacent to an activating group) is 1. The largest absolute Gasteiger partial charge is 0.467 e. The normalized spacial score (nSPS) is 21.0. The van der Waals surface area contributed by atoms with Crippen LogP contribution in [-0.2, 0) is 6.54 Å². The van der Waals surface area contributed by atoms with E-state index >= 15 is 0 Å². The molecule has 1 aromatic carbocycles. The van der Waals surface area contributed by atoms with Gasteiger partial charge >= 0.3 is 6.03 Å². The van der Waals surface area contributed by atoms with Crippen LogP contribution in [0.5, 0.6) is 0 Å². The lowest BCUT2D eigenvalue weighted by molar-refractivity contribution is 0.228. The van der Waals surface area contributed by atoms with Crippen molar-refractivity contribution in [1.82, 2.24) is 15.5 Å². The molecular weight excluding hydrogens is 316 g/mol. The van der Waals surface area contributed by atoms with E-state index in [0.29, 0.717) is 11.3 Å². The molecule has 1 fully saturated rings. The molecule has 0 aliphatic carbocycles. The van der Waals surface area contributed by atoms with E-state index < -0.39 is 11.6 Å². The second-order valence-corrected chi connectivity index (χ2v) is 5.90. The Hall–Kier alpha value is -2.41. The molecule has 2 atom stereocenters. The number of carbonyl (C=O) groups excluding carboxylic acids is 1. The maximum Gasteiger partial charge on any atom is 0.315 e. The minimum absolute atomic E-state index is 0.184. The van der Waals surface area contributed by atoms with E-state index in [1.165, 1.54) is 6.07 Å². The van der Waals surface area contributed by atoms with Crippen molar-refractivity contribution in [2.45, 2.75) is 25.0 Å². The highest BCUT2D eigenvalue weighted by atomic mass is 19.2. The predicted octanol–water partition coefficient (Wildman–Crippen LogP) is 2.80. The van der Waals surface area contributed by atoms with Gasteiger partial charge in [-0.15, -0.1) is 0 Å². The van der Waals surface area contributed by atoms with Crippen LogP contribution in [0.1, 0.15) is 23.8 Å². The second-order valence-electron chi connectivity index (χ2n) is 5.90. The van der Waals surface area contributed by atoms with Gasteiger partial charge in [0.15, 0.2) is 11.6 Å². The number of furan rings is 1. The van der Waals surface area contributed by atoms with Crippen molar-refractivity contribution < 1.29 is 18.0 Å². The van der Waals surface area contributed by atoms with Crippen molar-refractivity contribution in [3.05, 3.63) is 59.6 Å². The van der Waals surface area contributed by atoms with Crippen LogP contribution in [0, 0.1) is 11.6 Å². The molecule has 2 amide bonds. The second kappa shape index (κ2) is 7.00. The maximum absolute atomic E-state index is 13.5. The molecule has 5 nitrogen and oxygen atoms in total. The Labute approximate surface area is 138 Å². The van der Waals surface area contributed by atoms with Gasteiger partial charge in [-0.3, -0.25) is 4.90 Å². The maximum atomic E-state index is 13.5. The summed E-state index contributed by atoms with van der Waals surface area (Å²) in [5.74, 6) is -1.10. The van der Waals surface area contributed by atoms with Crippen molar-refractivity contribution >= 4 is 6.03 Å². The fraction of sp³-hybridized carbons (Fsp3) is 0.353. The average molecular weight is 335 g/mol. The first-order chi connectivity index (χ1) is 11.5. The van der Waals surface area contributed by atoms with E-state index in [-0.39, 0.29) is 24.7 Å².